The Morgan fingerprint density at radius 3 is 3.16 bits per heavy atom. The number of hydrogen-bond acceptors (Lipinski definition) is 4. The molecule has 3 rings (SSSR count). The molecule has 3 atom stereocenters. The third-order valence-electron chi connectivity index (χ3n) is 3.75. The maximum absolute atomic E-state index is 6.01. The maximum atomic E-state index is 6.01. The second-order valence-electron chi connectivity index (χ2n) is 5.26. The first-order valence-electron chi connectivity index (χ1n) is 7.06. The molecule has 19 heavy (non-hydrogen) atoms. The third kappa shape index (κ3) is 2.83. The summed E-state index contributed by atoms with van der Waals surface area (Å²) in [5.41, 5.74) is 1.15. The van der Waals surface area contributed by atoms with E-state index in [1.807, 2.05) is 0 Å². The highest BCUT2D eigenvalue weighted by Crippen LogP contribution is 2.24. The predicted octanol–water partition coefficient (Wildman–Crippen LogP) is 2.48. The molecule has 5 heteroatoms. The summed E-state index contributed by atoms with van der Waals surface area (Å²) in [5, 5.41) is 5.62. The van der Waals surface area contributed by atoms with Gasteiger partial charge in [0.1, 0.15) is 0 Å². The van der Waals surface area contributed by atoms with Crippen LogP contribution < -0.4 is 5.32 Å². The highest BCUT2D eigenvalue weighted by molar-refractivity contribution is 7.15. The van der Waals surface area contributed by atoms with Gasteiger partial charge in [-0.3, -0.25) is 4.40 Å². The lowest BCUT2D eigenvalue weighted by Gasteiger charge is -2.23. The van der Waals surface area contributed by atoms with Gasteiger partial charge in [-0.1, -0.05) is 6.92 Å². The van der Waals surface area contributed by atoms with Gasteiger partial charge in [-0.15, -0.1) is 11.3 Å². The Hall–Kier alpha value is -0.910. The number of likely N-dealkylation sites (N-methyl/N-ethyl adjacent to an activating group) is 1. The zero-order valence-corrected chi connectivity index (χ0v) is 12.3. The molecular weight excluding hydrogens is 258 g/mol. The topological polar surface area (TPSA) is 38.6 Å². The molecule has 104 valence electrons. The van der Waals surface area contributed by atoms with Crippen molar-refractivity contribution in [1.82, 2.24) is 14.7 Å². The van der Waals surface area contributed by atoms with E-state index in [1.54, 1.807) is 11.3 Å². The van der Waals surface area contributed by atoms with E-state index in [2.05, 4.69) is 46.3 Å². The molecule has 1 aliphatic rings. The summed E-state index contributed by atoms with van der Waals surface area (Å²) in [6, 6.07) is 0.375. The number of imidazole rings is 1. The van der Waals surface area contributed by atoms with Crippen LogP contribution in [0.3, 0.4) is 0 Å². The Labute approximate surface area is 117 Å². The molecule has 0 radical (unpaired) electrons. The minimum absolute atomic E-state index is 0.328. The summed E-state index contributed by atoms with van der Waals surface area (Å²) >= 11 is 1.68. The Kier molecular flexibility index (Phi) is 3.86. The van der Waals surface area contributed by atoms with Crippen LogP contribution in [0.5, 0.6) is 0 Å². The molecule has 3 unspecified atom stereocenters. The van der Waals surface area contributed by atoms with E-state index in [4.69, 9.17) is 4.74 Å². The molecule has 0 saturated carbocycles. The molecule has 1 aliphatic heterocycles. The van der Waals surface area contributed by atoms with Crippen molar-refractivity contribution in [1.29, 1.82) is 0 Å². The van der Waals surface area contributed by atoms with Gasteiger partial charge in [-0.05, 0) is 26.3 Å². The first-order valence-corrected chi connectivity index (χ1v) is 7.94. The van der Waals surface area contributed by atoms with Crippen molar-refractivity contribution in [3.63, 3.8) is 0 Å². The summed E-state index contributed by atoms with van der Waals surface area (Å²) in [7, 11) is 0. The molecule has 0 aromatic carbocycles. The molecule has 0 spiro atoms. The van der Waals surface area contributed by atoms with Crippen molar-refractivity contribution < 1.29 is 4.74 Å². The number of nitrogens with one attached hydrogen (secondary N) is 1. The first-order chi connectivity index (χ1) is 9.26. The van der Waals surface area contributed by atoms with E-state index in [0.717, 1.165) is 30.0 Å². The van der Waals surface area contributed by atoms with Crippen LogP contribution in [0.4, 0.5) is 0 Å². The van der Waals surface area contributed by atoms with Gasteiger partial charge in [0.25, 0.3) is 0 Å². The largest absolute Gasteiger partial charge is 0.374 e. The fourth-order valence-electron chi connectivity index (χ4n) is 2.83. The molecule has 0 bridgehead atoms. The monoisotopic (exact) mass is 279 g/mol. The number of fused-ring (bicyclic) bond motifs is 1. The highest BCUT2D eigenvalue weighted by atomic mass is 32.1. The zero-order chi connectivity index (χ0) is 13.2. The van der Waals surface area contributed by atoms with Crippen molar-refractivity contribution in [2.75, 3.05) is 6.54 Å². The van der Waals surface area contributed by atoms with Crippen molar-refractivity contribution >= 4 is 16.3 Å². The van der Waals surface area contributed by atoms with E-state index in [-0.39, 0.29) is 0 Å². The number of nitrogens with zero attached hydrogens (tertiary/aromatic N) is 2. The lowest BCUT2D eigenvalue weighted by Crippen LogP contribution is -2.41. The van der Waals surface area contributed by atoms with Gasteiger partial charge >= 0.3 is 0 Å². The van der Waals surface area contributed by atoms with Crippen molar-refractivity contribution in [2.24, 2.45) is 0 Å². The molecule has 1 N–H and O–H groups in total. The summed E-state index contributed by atoms with van der Waals surface area (Å²) in [5.74, 6) is 0. The van der Waals surface area contributed by atoms with Gasteiger partial charge in [-0.25, -0.2) is 4.98 Å². The van der Waals surface area contributed by atoms with Crippen LogP contribution in [0.25, 0.3) is 4.96 Å². The van der Waals surface area contributed by atoms with E-state index < -0.39 is 0 Å². The Morgan fingerprint density at radius 1 is 1.58 bits per heavy atom. The van der Waals surface area contributed by atoms with Gasteiger partial charge in [0, 0.05) is 30.2 Å². The summed E-state index contributed by atoms with van der Waals surface area (Å²) in [6.45, 7) is 5.29. The fourth-order valence-corrected chi connectivity index (χ4v) is 3.55. The maximum Gasteiger partial charge on any atom is 0.193 e. The van der Waals surface area contributed by atoms with Crippen LogP contribution in [0.1, 0.15) is 32.4 Å². The average Bonchev–Trinajstić information content (AvgIpc) is 3.03. The van der Waals surface area contributed by atoms with Crippen molar-refractivity contribution in [3.8, 4) is 0 Å². The smallest absolute Gasteiger partial charge is 0.193 e. The Balaban J connectivity index is 1.71. The molecule has 2 aromatic heterocycles. The van der Waals surface area contributed by atoms with Gasteiger partial charge in [0.15, 0.2) is 4.96 Å². The van der Waals surface area contributed by atoms with Crippen LogP contribution in [0.2, 0.25) is 0 Å². The molecule has 0 amide bonds. The summed E-state index contributed by atoms with van der Waals surface area (Å²) in [4.78, 5) is 5.75. The number of aromatic nitrogens is 2. The second-order valence-corrected chi connectivity index (χ2v) is 6.13. The van der Waals surface area contributed by atoms with Crippen molar-refractivity contribution in [3.05, 3.63) is 23.5 Å². The summed E-state index contributed by atoms with van der Waals surface area (Å²) < 4.78 is 8.11. The van der Waals surface area contributed by atoms with Gasteiger partial charge in [0.05, 0.1) is 17.9 Å². The number of thiazole rings is 1. The Bertz CT molecular complexity index is 507. The second kappa shape index (κ2) is 5.61. The predicted molar refractivity (Wildman–Crippen MR) is 77.8 cm³/mol. The third-order valence-corrected chi connectivity index (χ3v) is 4.52. The molecule has 1 fully saturated rings. The van der Waals surface area contributed by atoms with Crippen LogP contribution in [-0.2, 0) is 11.2 Å². The minimum Gasteiger partial charge on any atom is -0.374 e. The van der Waals surface area contributed by atoms with Gasteiger partial charge in [-0.2, -0.15) is 0 Å². The van der Waals surface area contributed by atoms with Gasteiger partial charge in [0.2, 0.25) is 0 Å². The number of rotatable bonds is 5. The summed E-state index contributed by atoms with van der Waals surface area (Å²) in [6.07, 6.45) is 8.19. The average molecular weight is 279 g/mol. The van der Waals surface area contributed by atoms with Crippen LogP contribution in [0, 0.1) is 0 Å². The molecular formula is C14H21N3OS. The van der Waals surface area contributed by atoms with Crippen LogP contribution >= 0.6 is 11.3 Å². The van der Waals surface area contributed by atoms with Gasteiger partial charge < -0.3 is 10.1 Å². The van der Waals surface area contributed by atoms with E-state index in [9.17, 15) is 0 Å². The number of hydrogen-bond donors (Lipinski definition) is 1. The lowest BCUT2D eigenvalue weighted by atomic mass is 10.0. The fraction of sp³-hybridized carbons (Fsp3) is 0.643. The van der Waals surface area contributed by atoms with E-state index >= 15 is 0 Å². The first kappa shape index (κ1) is 13.1. The normalized spacial score (nSPS) is 25.2. The quantitative estimate of drug-likeness (QED) is 0.914. The Morgan fingerprint density at radius 2 is 2.47 bits per heavy atom. The van der Waals surface area contributed by atoms with E-state index in [0.29, 0.717) is 18.2 Å². The van der Waals surface area contributed by atoms with Crippen LogP contribution in [-0.4, -0.2) is 34.2 Å². The number of ether oxygens (including phenoxy) is 1. The standard InChI is InChI=1S/C14H21N3OS/c1-3-15-12(13-5-4-10(2)18-13)8-11-9-17-6-7-19-14(17)16-11/h6-7,9-10,12-13,15H,3-5,8H2,1-2H3. The highest BCUT2D eigenvalue weighted by Gasteiger charge is 2.29. The van der Waals surface area contributed by atoms with Crippen molar-refractivity contribution in [2.45, 2.75) is 51.4 Å². The minimum atomic E-state index is 0.328. The van der Waals surface area contributed by atoms with E-state index in [1.165, 1.54) is 6.42 Å². The molecule has 2 aromatic rings. The SMILES string of the molecule is CCNC(Cc1cn2ccsc2n1)C1CCC(C)O1. The molecule has 3 heterocycles. The molecule has 4 nitrogen and oxygen atoms in total. The lowest BCUT2D eigenvalue weighted by molar-refractivity contribution is 0.0322. The molecule has 0 aliphatic carbocycles. The molecule has 1 saturated heterocycles. The van der Waals surface area contributed by atoms with Crippen LogP contribution in [0.15, 0.2) is 17.8 Å². The zero-order valence-electron chi connectivity index (χ0n) is 11.5.